The topological polar surface area (TPSA) is 72.8 Å². The molecule has 0 saturated heterocycles. The second-order valence-corrected chi connectivity index (χ2v) is 3.07. The predicted molar refractivity (Wildman–Crippen MR) is 55.4 cm³/mol. The Balaban J connectivity index is 3.02. The van der Waals surface area contributed by atoms with Crippen LogP contribution in [0.25, 0.3) is 0 Å². The van der Waals surface area contributed by atoms with Crippen LogP contribution in [0.15, 0.2) is 24.3 Å². The molecule has 0 aliphatic rings. The third-order valence-corrected chi connectivity index (χ3v) is 2.13. The highest BCUT2D eigenvalue weighted by Gasteiger charge is 2.28. The summed E-state index contributed by atoms with van der Waals surface area (Å²) < 4.78 is 9.37. The Labute approximate surface area is 92.6 Å². The molecule has 0 aromatic heterocycles. The summed E-state index contributed by atoms with van der Waals surface area (Å²) in [6.07, 6.45) is 0. The van der Waals surface area contributed by atoms with Crippen molar-refractivity contribution < 1.29 is 24.2 Å². The van der Waals surface area contributed by atoms with Gasteiger partial charge >= 0.3 is 11.9 Å². The summed E-state index contributed by atoms with van der Waals surface area (Å²) in [7, 11) is 2.66. The fourth-order valence-electron chi connectivity index (χ4n) is 1.29. The van der Waals surface area contributed by atoms with Crippen LogP contribution in [0.5, 0.6) is 5.75 Å². The van der Waals surface area contributed by atoms with Gasteiger partial charge in [-0.05, 0) is 17.7 Å². The summed E-state index contributed by atoms with van der Waals surface area (Å²) in [6.45, 7) is 0. The van der Waals surface area contributed by atoms with Crippen molar-refractivity contribution in [3.05, 3.63) is 29.8 Å². The quantitative estimate of drug-likeness (QED) is 0.611. The fraction of sp³-hybridized carbons (Fsp3) is 0.273. The minimum atomic E-state index is -1.30. The molecule has 0 bridgehead atoms. The highest BCUT2D eigenvalue weighted by atomic mass is 16.5. The van der Waals surface area contributed by atoms with Crippen LogP contribution in [0, 0.1) is 0 Å². The Morgan fingerprint density at radius 2 is 1.75 bits per heavy atom. The van der Waals surface area contributed by atoms with E-state index in [-0.39, 0.29) is 0 Å². The number of carboxylic acid groups (broad SMARTS) is 1. The third kappa shape index (κ3) is 2.50. The number of hydrogen-bond donors (Lipinski definition) is 1. The van der Waals surface area contributed by atoms with E-state index in [0.717, 1.165) is 7.11 Å². The Bertz CT molecular complexity index is 382. The number of benzene rings is 1. The molecule has 86 valence electrons. The molecule has 0 amide bonds. The highest BCUT2D eigenvalue weighted by Crippen LogP contribution is 2.20. The van der Waals surface area contributed by atoms with E-state index in [4.69, 9.17) is 9.84 Å². The number of rotatable bonds is 4. The lowest BCUT2D eigenvalue weighted by atomic mass is 9.99. The molecule has 16 heavy (non-hydrogen) atoms. The van der Waals surface area contributed by atoms with Gasteiger partial charge in [-0.25, -0.2) is 0 Å². The lowest BCUT2D eigenvalue weighted by Crippen LogP contribution is -2.22. The van der Waals surface area contributed by atoms with Crippen molar-refractivity contribution in [3.63, 3.8) is 0 Å². The van der Waals surface area contributed by atoms with E-state index in [1.165, 1.54) is 19.2 Å². The van der Waals surface area contributed by atoms with Crippen molar-refractivity contribution in [1.82, 2.24) is 0 Å². The third-order valence-electron chi connectivity index (χ3n) is 2.13. The number of carbonyl (C=O) groups excluding carboxylic acids is 1. The lowest BCUT2D eigenvalue weighted by molar-refractivity contribution is -0.152. The Morgan fingerprint density at radius 1 is 1.19 bits per heavy atom. The van der Waals surface area contributed by atoms with Crippen molar-refractivity contribution in [2.45, 2.75) is 5.92 Å². The summed E-state index contributed by atoms with van der Waals surface area (Å²) in [5, 5.41) is 8.92. The summed E-state index contributed by atoms with van der Waals surface area (Å²) in [4.78, 5) is 22.2. The van der Waals surface area contributed by atoms with Gasteiger partial charge in [-0.1, -0.05) is 12.1 Å². The summed E-state index contributed by atoms with van der Waals surface area (Å²) >= 11 is 0. The molecule has 1 N–H and O–H groups in total. The zero-order valence-corrected chi connectivity index (χ0v) is 8.97. The van der Waals surface area contributed by atoms with Gasteiger partial charge in [-0.3, -0.25) is 9.59 Å². The largest absolute Gasteiger partial charge is 0.497 e. The van der Waals surface area contributed by atoms with Crippen LogP contribution in [0.3, 0.4) is 0 Å². The normalized spacial score (nSPS) is 11.6. The molecule has 0 aliphatic carbocycles. The van der Waals surface area contributed by atoms with E-state index in [0.29, 0.717) is 11.3 Å². The summed E-state index contributed by atoms with van der Waals surface area (Å²) in [5.74, 6) is -2.73. The summed E-state index contributed by atoms with van der Waals surface area (Å²) in [6, 6.07) is 6.23. The Morgan fingerprint density at radius 3 is 2.12 bits per heavy atom. The van der Waals surface area contributed by atoms with Crippen molar-refractivity contribution in [2.24, 2.45) is 0 Å². The molecule has 1 aromatic rings. The van der Waals surface area contributed by atoms with Crippen LogP contribution in [0.2, 0.25) is 0 Å². The molecule has 1 rings (SSSR count). The minimum absolute atomic E-state index is 0.361. The number of hydrogen-bond acceptors (Lipinski definition) is 4. The number of esters is 1. The van der Waals surface area contributed by atoms with Gasteiger partial charge in [0.15, 0.2) is 5.92 Å². The van der Waals surface area contributed by atoms with Gasteiger partial charge in [0.05, 0.1) is 14.2 Å². The van der Waals surface area contributed by atoms with Crippen LogP contribution in [-0.4, -0.2) is 31.3 Å². The van der Waals surface area contributed by atoms with E-state index in [1.54, 1.807) is 12.1 Å². The van der Waals surface area contributed by atoms with Gasteiger partial charge < -0.3 is 14.6 Å². The maximum absolute atomic E-state index is 11.3. The maximum atomic E-state index is 11.3. The van der Waals surface area contributed by atoms with Crippen molar-refractivity contribution >= 4 is 11.9 Å². The summed E-state index contributed by atoms with van der Waals surface area (Å²) in [5.41, 5.74) is 0.361. The van der Waals surface area contributed by atoms with Gasteiger partial charge in [-0.2, -0.15) is 0 Å². The SMILES string of the molecule is COC(=O)C(C(=O)O)c1ccc(OC)cc1. The zero-order chi connectivity index (χ0) is 12.1. The first-order valence-corrected chi connectivity index (χ1v) is 4.54. The second kappa shape index (κ2) is 5.16. The molecule has 0 fully saturated rings. The van der Waals surface area contributed by atoms with Gasteiger partial charge in [0.1, 0.15) is 5.75 Å². The molecule has 1 unspecified atom stereocenters. The number of carboxylic acids is 1. The number of carbonyl (C=O) groups is 2. The molecule has 0 aliphatic heterocycles. The zero-order valence-electron chi connectivity index (χ0n) is 8.97. The van der Waals surface area contributed by atoms with Crippen molar-refractivity contribution in [3.8, 4) is 5.75 Å². The van der Waals surface area contributed by atoms with Gasteiger partial charge in [0.25, 0.3) is 0 Å². The molecule has 5 heteroatoms. The van der Waals surface area contributed by atoms with Crippen molar-refractivity contribution in [1.29, 1.82) is 0 Å². The van der Waals surface area contributed by atoms with Crippen molar-refractivity contribution in [2.75, 3.05) is 14.2 Å². The molecule has 0 radical (unpaired) electrons. The molecule has 0 saturated carbocycles. The number of ether oxygens (including phenoxy) is 2. The van der Waals surface area contributed by atoms with E-state index < -0.39 is 17.9 Å². The number of aliphatic carboxylic acids is 1. The van der Waals surface area contributed by atoms with Crippen LogP contribution in [0.4, 0.5) is 0 Å². The smallest absolute Gasteiger partial charge is 0.324 e. The standard InChI is InChI=1S/C11H12O5/c1-15-8-5-3-7(4-6-8)9(10(12)13)11(14)16-2/h3-6,9H,1-2H3,(H,12,13). The van der Waals surface area contributed by atoms with E-state index in [9.17, 15) is 9.59 Å². The molecule has 1 atom stereocenters. The van der Waals surface area contributed by atoms with E-state index in [2.05, 4.69) is 4.74 Å². The maximum Gasteiger partial charge on any atom is 0.324 e. The highest BCUT2D eigenvalue weighted by molar-refractivity contribution is 5.99. The monoisotopic (exact) mass is 224 g/mol. The van der Waals surface area contributed by atoms with Crippen LogP contribution >= 0.6 is 0 Å². The Hall–Kier alpha value is -2.04. The average Bonchev–Trinajstić information content (AvgIpc) is 2.29. The van der Waals surface area contributed by atoms with Crippen LogP contribution in [-0.2, 0) is 14.3 Å². The van der Waals surface area contributed by atoms with Crippen LogP contribution < -0.4 is 4.74 Å². The van der Waals surface area contributed by atoms with E-state index >= 15 is 0 Å². The van der Waals surface area contributed by atoms with Gasteiger partial charge in [0.2, 0.25) is 0 Å². The molecular formula is C11H12O5. The van der Waals surface area contributed by atoms with Gasteiger partial charge in [0, 0.05) is 0 Å². The first-order valence-electron chi connectivity index (χ1n) is 4.54. The second-order valence-electron chi connectivity index (χ2n) is 3.07. The molecule has 0 spiro atoms. The Kier molecular flexibility index (Phi) is 3.88. The fourth-order valence-corrected chi connectivity index (χ4v) is 1.29. The van der Waals surface area contributed by atoms with Crippen LogP contribution in [0.1, 0.15) is 11.5 Å². The van der Waals surface area contributed by atoms with Gasteiger partial charge in [-0.15, -0.1) is 0 Å². The first-order chi connectivity index (χ1) is 7.60. The van der Waals surface area contributed by atoms with E-state index in [1.807, 2.05) is 0 Å². The predicted octanol–water partition coefficient (Wildman–Crippen LogP) is 1.04. The molecular weight excluding hydrogens is 212 g/mol. The average molecular weight is 224 g/mol. The molecule has 5 nitrogen and oxygen atoms in total. The number of methoxy groups -OCH3 is 2. The minimum Gasteiger partial charge on any atom is -0.497 e. The molecule has 1 aromatic carbocycles. The lowest BCUT2D eigenvalue weighted by Gasteiger charge is -2.10. The molecule has 0 heterocycles. The first kappa shape index (κ1) is 12.0.